The monoisotopic (exact) mass is 343 g/mol. The van der Waals surface area contributed by atoms with E-state index in [0.29, 0.717) is 18.0 Å². The summed E-state index contributed by atoms with van der Waals surface area (Å²) in [5.41, 5.74) is 5.28. The van der Waals surface area contributed by atoms with Crippen molar-refractivity contribution in [3.8, 4) is 5.69 Å². The van der Waals surface area contributed by atoms with Crippen LogP contribution in [-0.2, 0) is 17.6 Å². The van der Waals surface area contributed by atoms with Gasteiger partial charge >= 0.3 is 5.97 Å². The van der Waals surface area contributed by atoms with Crippen LogP contribution in [-0.4, -0.2) is 30.6 Å². The molecule has 0 saturated heterocycles. The molecule has 2 aliphatic rings. The fraction of sp³-hybridized carbons (Fsp3) is 0.500. The van der Waals surface area contributed by atoms with Gasteiger partial charge in [-0.25, -0.2) is 0 Å². The molecule has 1 aromatic heterocycles. The fourth-order valence-corrected chi connectivity index (χ4v) is 5.01. The van der Waals surface area contributed by atoms with Crippen molar-refractivity contribution < 1.29 is 9.90 Å². The normalized spacial score (nSPS) is 18.7. The first-order chi connectivity index (χ1) is 11.6. The molecule has 0 bridgehead atoms. The molecule has 126 valence electrons. The van der Waals surface area contributed by atoms with Crippen molar-refractivity contribution in [2.45, 2.75) is 61.8 Å². The quantitative estimate of drug-likeness (QED) is 0.919. The van der Waals surface area contributed by atoms with E-state index in [9.17, 15) is 9.90 Å². The number of aromatic nitrogens is 3. The summed E-state index contributed by atoms with van der Waals surface area (Å²) in [7, 11) is 0. The van der Waals surface area contributed by atoms with Crippen LogP contribution in [0.15, 0.2) is 23.6 Å². The highest BCUT2D eigenvalue weighted by Gasteiger charge is 2.46. The summed E-state index contributed by atoms with van der Waals surface area (Å²) in [5, 5.41) is 18.6. The molecule has 4 rings (SSSR count). The molecular weight excluding hydrogens is 322 g/mol. The lowest BCUT2D eigenvalue weighted by atomic mass is 9.84. The molecule has 1 heterocycles. The Labute approximate surface area is 145 Å². The highest BCUT2D eigenvalue weighted by molar-refractivity contribution is 8.01. The number of fused-ring (bicyclic) bond motifs is 1. The van der Waals surface area contributed by atoms with Crippen LogP contribution in [0.4, 0.5) is 0 Å². The van der Waals surface area contributed by atoms with Crippen molar-refractivity contribution in [3.63, 3.8) is 0 Å². The van der Waals surface area contributed by atoms with E-state index in [1.54, 1.807) is 6.33 Å². The van der Waals surface area contributed by atoms with Crippen molar-refractivity contribution in [2.24, 2.45) is 0 Å². The number of carboxylic acids is 1. The van der Waals surface area contributed by atoms with E-state index in [1.807, 2.05) is 4.57 Å². The van der Waals surface area contributed by atoms with Crippen molar-refractivity contribution in [1.29, 1.82) is 0 Å². The van der Waals surface area contributed by atoms with Crippen LogP contribution in [0.3, 0.4) is 0 Å². The molecule has 1 fully saturated rings. The molecule has 1 N–H and O–H groups in total. The van der Waals surface area contributed by atoms with Crippen LogP contribution in [0.2, 0.25) is 0 Å². The van der Waals surface area contributed by atoms with E-state index < -0.39 is 10.7 Å². The molecule has 5 nitrogen and oxygen atoms in total. The number of rotatable bonds is 4. The van der Waals surface area contributed by atoms with Crippen LogP contribution in [0.5, 0.6) is 0 Å². The standard InChI is InChI=1S/C18H21N3O2S/c1-12-7-8-15(14-6-3-2-5-13(12)14)21-11-19-20-17(21)24-18(16(22)23)9-4-10-18/h7-8,11H,2-6,9-10H2,1H3,(H,22,23). The molecule has 6 heteroatoms. The predicted molar refractivity (Wildman–Crippen MR) is 92.8 cm³/mol. The second-order valence-electron chi connectivity index (χ2n) is 6.80. The number of benzene rings is 1. The van der Waals surface area contributed by atoms with E-state index in [1.165, 1.54) is 41.3 Å². The molecule has 1 saturated carbocycles. The summed E-state index contributed by atoms with van der Waals surface area (Å²) in [4.78, 5) is 11.7. The van der Waals surface area contributed by atoms with Gasteiger partial charge in [0.2, 0.25) is 0 Å². The van der Waals surface area contributed by atoms with Crippen LogP contribution >= 0.6 is 11.8 Å². The summed E-state index contributed by atoms with van der Waals surface area (Å²) in [5.74, 6) is -0.737. The van der Waals surface area contributed by atoms with Gasteiger partial charge in [0, 0.05) is 0 Å². The van der Waals surface area contributed by atoms with Gasteiger partial charge in [-0.15, -0.1) is 10.2 Å². The maximum absolute atomic E-state index is 11.7. The first-order valence-electron chi connectivity index (χ1n) is 8.55. The Morgan fingerprint density at radius 1 is 1.21 bits per heavy atom. The lowest BCUT2D eigenvalue weighted by Crippen LogP contribution is -2.42. The second kappa shape index (κ2) is 5.92. The molecule has 0 atom stereocenters. The average Bonchev–Trinajstić information content (AvgIpc) is 2.99. The molecule has 0 aliphatic heterocycles. The maximum Gasteiger partial charge on any atom is 0.320 e. The number of aliphatic carboxylic acids is 1. The lowest BCUT2D eigenvalue weighted by molar-refractivity contribution is -0.142. The summed E-state index contributed by atoms with van der Waals surface area (Å²) in [6.07, 6.45) is 8.72. The summed E-state index contributed by atoms with van der Waals surface area (Å²) < 4.78 is 1.26. The molecule has 0 amide bonds. The maximum atomic E-state index is 11.7. The van der Waals surface area contributed by atoms with Gasteiger partial charge in [0.15, 0.2) is 5.16 Å². The minimum absolute atomic E-state index is 0.689. The summed E-state index contributed by atoms with van der Waals surface area (Å²) in [6.45, 7) is 2.17. The summed E-state index contributed by atoms with van der Waals surface area (Å²) >= 11 is 1.36. The van der Waals surface area contributed by atoms with E-state index in [2.05, 4.69) is 29.3 Å². The Kier molecular flexibility index (Phi) is 3.87. The van der Waals surface area contributed by atoms with Crippen LogP contribution in [0.1, 0.15) is 48.8 Å². The van der Waals surface area contributed by atoms with E-state index in [-0.39, 0.29) is 0 Å². The predicted octanol–water partition coefficient (Wildman–Crippen LogP) is 3.55. The molecule has 0 unspecified atom stereocenters. The van der Waals surface area contributed by atoms with Crippen molar-refractivity contribution in [2.75, 3.05) is 0 Å². The average molecular weight is 343 g/mol. The van der Waals surface area contributed by atoms with Gasteiger partial charge in [-0.2, -0.15) is 0 Å². The van der Waals surface area contributed by atoms with Gasteiger partial charge in [-0.1, -0.05) is 17.8 Å². The second-order valence-corrected chi connectivity index (χ2v) is 8.16. The van der Waals surface area contributed by atoms with Gasteiger partial charge in [0.1, 0.15) is 11.1 Å². The third kappa shape index (κ3) is 2.44. The number of aryl methyl sites for hydroxylation is 1. The minimum Gasteiger partial charge on any atom is -0.480 e. The fourth-order valence-electron chi connectivity index (χ4n) is 3.75. The smallest absolute Gasteiger partial charge is 0.320 e. The Hall–Kier alpha value is -1.82. The van der Waals surface area contributed by atoms with Crippen molar-refractivity contribution in [3.05, 3.63) is 35.2 Å². The molecule has 2 aromatic rings. The minimum atomic E-state index is -0.737. The molecular formula is C18H21N3O2S. The van der Waals surface area contributed by atoms with Crippen molar-refractivity contribution in [1.82, 2.24) is 14.8 Å². The first-order valence-corrected chi connectivity index (χ1v) is 9.36. The Morgan fingerprint density at radius 2 is 1.96 bits per heavy atom. The van der Waals surface area contributed by atoms with Crippen LogP contribution in [0, 0.1) is 6.92 Å². The number of carbonyl (C=O) groups is 1. The van der Waals surface area contributed by atoms with Gasteiger partial charge < -0.3 is 5.11 Å². The number of carboxylic acid groups (broad SMARTS) is 1. The Balaban J connectivity index is 1.75. The Bertz CT molecular complexity index is 796. The third-order valence-corrected chi connectivity index (χ3v) is 6.79. The van der Waals surface area contributed by atoms with E-state index in [0.717, 1.165) is 24.9 Å². The zero-order chi connectivity index (χ0) is 16.7. The zero-order valence-corrected chi connectivity index (χ0v) is 14.6. The van der Waals surface area contributed by atoms with E-state index in [4.69, 9.17) is 0 Å². The van der Waals surface area contributed by atoms with Gasteiger partial charge in [-0.3, -0.25) is 9.36 Å². The van der Waals surface area contributed by atoms with Crippen LogP contribution in [0.25, 0.3) is 5.69 Å². The zero-order valence-electron chi connectivity index (χ0n) is 13.8. The number of hydrogen-bond donors (Lipinski definition) is 1. The molecule has 0 spiro atoms. The number of hydrogen-bond acceptors (Lipinski definition) is 4. The number of nitrogens with zero attached hydrogens (tertiary/aromatic N) is 3. The summed E-state index contributed by atoms with van der Waals surface area (Å²) in [6, 6.07) is 4.28. The highest BCUT2D eigenvalue weighted by atomic mass is 32.2. The topological polar surface area (TPSA) is 68.0 Å². The number of thioether (sulfide) groups is 1. The van der Waals surface area contributed by atoms with Gasteiger partial charge in [0.25, 0.3) is 0 Å². The SMILES string of the molecule is Cc1ccc(-n2cnnc2SC2(C(=O)O)CCC2)c2c1CCCC2. The van der Waals surface area contributed by atoms with Crippen LogP contribution < -0.4 is 0 Å². The van der Waals surface area contributed by atoms with Gasteiger partial charge in [-0.05, 0) is 74.6 Å². The van der Waals surface area contributed by atoms with Gasteiger partial charge in [0.05, 0.1) is 5.69 Å². The largest absolute Gasteiger partial charge is 0.480 e. The molecule has 2 aliphatic carbocycles. The third-order valence-electron chi connectivity index (χ3n) is 5.36. The molecule has 0 radical (unpaired) electrons. The Morgan fingerprint density at radius 3 is 2.62 bits per heavy atom. The lowest BCUT2D eigenvalue weighted by Gasteiger charge is -2.36. The first kappa shape index (κ1) is 15.7. The highest BCUT2D eigenvalue weighted by Crippen LogP contribution is 2.47. The van der Waals surface area contributed by atoms with E-state index >= 15 is 0 Å². The van der Waals surface area contributed by atoms with Crippen molar-refractivity contribution >= 4 is 17.7 Å². The molecule has 24 heavy (non-hydrogen) atoms. The molecule has 1 aromatic carbocycles.